The van der Waals surface area contributed by atoms with E-state index >= 15 is 0 Å². The van der Waals surface area contributed by atoms with E-state index in [4.69, 9.17) is 0 Å². The second-order valence-corrected chi connectivity index (χ2v) is 8.69. The van der Waals surface area contributed by atoms with Crippen LogP contribution in [-0.4, -0.2) is 33.6 Å². The van der Waals surface area contributed by atoms with Crippen LogP contribution in [0.5, 0.6) is 0 Å². The molecular formula is C27H27N3O3. The molecular weight excluding hydrogens is 414 g/mol. The number of pyridine rings is 1. The zero-order valence-electron chi connectivity index (χ0n) is 19.1. The molecule has 0 aliphatic carbocycles. The highest BCUT2D eigenvalue weighted by Gasteiger charge is 2.44. The van der Waals surface area contributed by atoms with Gasteiger partial charge in [-0.1, -0.05) is 49.7 Å². The van der Waals surface area contributed by atoms with Gasteiger partial charge in [0.25, 0.3) is 11.8 Å². The summed E-state index contributed by atoms with van der Waals surface area (Å²) in [5, 5.41) is 0. The minimum atomic E-state index is -0.878. The zero-order valence-corrected chi connectivity index (χ0v) is 19.1. The van der Waals surface area contributed by atoms with Gasteiger partial charge in [0.2, 0.25) is 5.91 Å². The highest BCUT2D eigenvalue weighted by atomic mass is 16.2. The average Bonchev–Trinajstić information content (AvgIpc) is 3.11. The van der Waals surface area contributed by atoms with Gasteiger partial charge in [0.15, 0.2) is 0 Å². The summed E-state index contributed by atoms with van der Waals surface area (Å²) >= 11 is 0. The Bertz CT molecular complexity index is 1160. The van der Waals surface area contributed by atoms with Crippen molar-refractivity contribution in [2.45, 2.75) is 45.7 Å². The van der Waals surface area contributed by atoms with Crippen LogP contribution in [0.1, 0.15) is 53.2 Å². The Labute approximate surface area is 193 Å². The van der Waals surface area contributed by atoms with Crippen molar-refractivity contribution in [2.75, 3.05) is 4.90 Å². The first-order valence-electron chi connectivity index (χ1n) is 11.1. The Balaban J connectivity index is 1.66. The van der Waals surface area contributed by atoms with Crippen LogP contribution in [0.2, 0.25) is 0 Å². The van der Waals surface area contributed by atoms with Crippen LogP contribution in [0.3, 0.4) is 0 Å². The van der Waals surface area contributed by atoms with E-state index in [1.54, 1.807) is 42.7 Å². The summed E-state index contributed by atoms with van der Waals surface area (Å²) in [6.45, 7) is 6.31. The number of imide groups is 1. The molecule has 1 unspecified atom stereocenters. The van der Waals surface area contributed by atoms with Gasteiger partial charge in [-0.05, 0) is 54.3 Å². The summed E-state index contributed by atoms with van der Waals surface area (Å²) in [5.41, 5.74) is 3.96. The van der Waals surface area contributed by atoms with Crippen molar-refractivity contribution in [3.63, 3.8) is 0 Å². The zero-order chi connectivity index (χ0) is 23.5. The van der Waals surface area contributed by atoms with E-state index in [9.17, 15) is 14.4 Å². The molecule has 6 nitrogen and oxygen atoms in total. The lowest BCUT2D eigenvalue weighted by molar-refractivity contribution is -0.122. The van der Waals surface area contributed by atoms with Crippen molar-refractivity contribution in [2.24, 2.45) is 0 Å². The summed E-state index contributed by atoms with van der Waals surface area (Å²) in [6.07, 6.45) is 3.27. The summed E-state index contributed by atoms with van der Waals surface area (Å²) in [7, 11) is 0. The number of hydrogen-bond acceptors (Lipinski definition) is 4. The van der Waals surface area contributed by atoms with Gasteiger partial charge in [-0.2, -0.15) is 0 Å². The van der Waals surface area contributed by atoms with Crippen LogP contribution in [0.25, 0.3) is 0 Å². The van der Waals surface area contributed by atoms with Crippen molar-refractivity contribution in [1.29, 1.82) is 0 Å². The van der Waals surface area contributed by atoms with E-state index in [-0.39, 0.29) is 30.7 Å². The van der Waals surface area contributed by atoms with Gasteiger partial charge in [-0.3, -0.25) is 19.4 Å². The van der Waals surface area contributed by atoms with E-state index in [0.29, 0.717) is 17.2 Å². The third-order valence-electron chi connectivity index (χ3n) is 5.95. The molecule has 0 bridgehead atoms. The number of anilines is 1. The van der Waals surface area contributed by atoms with Gasteiger partial charge in [-0.25, -0.2) is 4.90 Å². The Morgan fingerprint density at radius 1 is 1.06 bits per heavy atom. The van der Waals surface area contributed by atoms with Gasteiger partial charge >= 0.3 is 0 Å². The van der Waals surface area contributed by atoms with Crippen molar-refractivity contribution >= 4 is 23.4 Å². The van der Waals surface area contributed by atoms with E-state index in [0.717, 1.165) is 16.7 Å². The molecule has 1 atom stereocenters. The average molecular weight is 442 g/mol. The van der Waals surface area contributed by atoms with Crippen LogP contribution >= 0.6 is 0 Å². The SMILES string of the molecule is Cc1ccc(C(=O)N(Cc2cccnc2)C2CC(=O)N(c3ccc(C(C)C)cc3)C2=O)cc1. The highest BCUT2D eigenvalue weighted by molar-refractivity contribution is 6.23. The Hall–Kier alpha value is -3.80. The standard InChI is InChI=1S/C27H27N3O3/c1-18(2)21-10-12-23(13-11-21)30-25(31)15-24(27(30)33)29(17-20-5-4-14-28-16-20)26(32)22-8-6-19(3)7-9-22/h4-14,16,18,24H,15,17H2,1-3H3. The lowest BCUT2D eigenvalue weighted by Crippen LogP contribution is -2.45. The number of carbonyl (C=O) groups excluding carboxylic acids is 3. The summed E-state index contributed by atoms with van der Waals surface area (Å²) in [5.74, 6) is -0.641. The van der Waals surface area contributed by atoms with Crippen molar-refractivity contribution in [3.8, 4) is 0 Å². The second-order valence-electron chi connectivity index (χ2n) is 8.69. The summed E-state index contributed by atoms with van der Waals surface area (Å²) < 4.78 is 0. The molecule has 1 fully saturated rings. The normalized spacial score (nSPS) is 15.9. The fourth-order valence-electron chi connectivity index (χ4n) is 4.01. The minimum absolute atomic E-state index is 0.0529. The molecule has 2 heterocycles. The molecule has 2 aromatic carbocycles. The highest BCUT2D eigenvalue weighted by Crippen LogP contribution is 2.29. The predicted molar refractivity (Wildman–Crippen MR) is 127 cm³/mol. The molecule has 1 aromatic heterocycles. The van der Waals surface area contributed by atoms with E-state index in [1.807, 2.05) is 37.3 Å². The molecule has 0 spiro atoms. The number of aryl methyl sites for hydroxylation is 1. The molecule has 0 N–H and O–H groups in total. The molecule has 1 saturated heterocycles. The van der Waals surface area contributed by atoms with E-state index < -0.39 is 6.04 Å². The lowest BCUT2D eigenvalue weighted by Gasteiger charge is -2.28. The molecule has 0 saturated carbocycles. The number of amides is 3. The van der Waals surface area contributed by atoms with Crippen LogP contribution in [0.4, 0.5) is 5.69 Å². The van der Waals surface area contributed by atoms with Crippen LogP contribution in [0, 0.1) is 6.92 Å². The third kappa shape index (κ3) is 4.70. The fraction of sp³-hybridized carbons (Fsp3) is 0.259. The molecule has 33 heavy (non-hydrogen) atoms. The number of hydrogen-bond donors (Lipinski definition) is 0. The van der Waals surface area contributed by atoms with Gasteiger partial charge in [-0.15, -0.1) is 0 Å². The molecule has 0 radical (unpaired) electrons. The predicted octanol–water partition coefficient (Wildman–Crippen LogP) is 4.49. The van der Waals surface area contributed by atoms with Gasteiger partial charge in [0.1, 0.15) is 6.04 Å². The second kappa shape index (κ2) is 9.36. The quantitative estimate of drug-likeness (QED) is 0.529. The molecule has 168 valence electrons. The maximum atomic E-state index is 13.5. The number of nitrogens with zero attached hydrogens (tertiary/aromatic N) is 3. The minimum Gasteiger partial charge on any atom is -0.322 e. The smallest absolute Gasteiger partial charge is 0.257 e. The Morgan fingerprint density at radius 3 is 2.36 bits per heavy atom. The van der Waals surface area contributed by atoms with Crippen LogP contribution in [-0.2, 0) is 16.1 Å². The molecule has 6 heteroatoms. The maximum absolute atomic E-state index is 13.5. The van der Waals surface area contributed by atoms with Crippen molar-refractivity contribution < 1.29 is 14.4 Å². The lowest BCUT2D eigenvalue weighted by atomic mass is 10.0. The van der Waals surface area contributed by atoms with E-state index in [1.165, 1.54) is 9.80 Å². The summed E-state index contributed by atoms with van der Waals surface area (Å²) in [6, 6.07) is 17.4. The number of carbonyl (C=O) groups is 3. The van der Waals surface area contributed by atoms with Gasteiger partial charge in [0, 0.05) is 24.5 Å². The first kappa shape index (κ1) is 22.4. The Morgan fingerprint density at radius 2 is 1.76 bits per heavy atom. The largest absolute Gasteiger partial charge is 0.322 e. The first-order valence-corrected chi connectivity index (χ1v) is 11.1. The molecule has 1 aliphatic heterocycles. The van der Waals surface area contributed by atoms with Crippen molar-refractivity contribution in [1.82, 2.24) is 9.88 Å². The molecule has 4 rings (SSSR count). The monoisotopic (exact) mass is 441 g/mol. The maximum Gasteiger partial charge on any atom is 0.257 e. The number of aromatic nitrogens is 1. The van der Waals surface area contributed by atoms with Gasteiger partial charge < -0.3 is 4.90 Å². The summed E-state index contributed by atoms with van der Waals surface area (Å²) in [4.78, 5) is 46.7. The number of benzene rings is 2. The van der Waals surface area contributed by atoms with Gasteiger partial charge in [0.05, 0.1) is 12.1 Å². The molecule has 3 aromatic rings. The van der Waals surface area contributed by atoms with Crippen molar-refractivity contribution in [3.05, 3.63) is 95.3 Å². The topological polar surface area (TPSA) is 70.6 Å². The first-order chi connectivity index (χ1) is 15.8. The van der Waals surface area contributed by atoms with Crippen LogP contribution < -0.4 is 4.90 Å². The third-order valence-corrected chi connectivity index (χ3v) is 5.95. The molecule has 1 aliphatic rings. The number of rotatable bonds is 6. The Kier molecular flexibility index (Phi) is 6.36. The van der Waals surface area contributed by atoms with E-state index in [2.05, 4.69) is 18.8 Å². The molecule has 3 amide bonds. The fourth-order valence-corrected chi connectivity index (χ4v) is 4.01. The van der Waals surface area contributed by atoms with Crippen LogP contribution in [0.15, 0.2) is 73.1 Å².